The number of benzene rings is 1. The van der Waals surface area contributed by atoms with Gasteiger partial charge >= 0.3 is 0 Å². The standard InChI is InChI=1S/C18H29NO/c1-11(2)16(20)10-14-7-6-8-15(9-14)17-13(5)18(17)19-12(3)4/h6-9,11-13,16-20H,10H2,1-5H3/t13-,16+,17?,18+/m0/s1. The van der Waals surface area contributed by atoms with Gasteiger partial charge in [0, 0.05) is 18.0 Å². The second kappa shape index (κ2) is 6.28. The molecule has 1 aromatic rings. The van der Waals surface area contributed by atoms with Crippen LogP contribution in [0.25, 0.3) is 0 Å². The Morgan fingerprint density at radius 3 is 2.50 bits per heavy atom. The van der Waals surface area contributed by atoms with Crippen molar-refractivity contribution < 1.29 is 5.11 Å². The second-order valence-electron chi connectivity index (χ2n) is 6.99. The number of nitrogens with one attached hydrogen (secondary N) is 1. The van der Waals surface area contributed by atoms with E-state index in [0.717, 1.165) is 6.42 Å². The van der Waals surface area contributed by atoms with Crippen molar-refractivity contribution in [2.24, 2.45) is 11.8 Å². The quantitative estimate of drug-likeness (QED) is 0.834. The topological polar surface area (TPSA) is 32.3 Å². The fourth-order valence-corrected chi connectivity index (χ4v) is 3.02. The predicted molar refractivity (Wildman–Crippen MR) is 85.0 cm³/mol. The first-order valence-corrected chi connectivity index (χ1v) is 7.93. The number of aliphatic hydroxyl groups is 1. The van der Waals surface area contributed by atoms with E-state index in [1.807, 2.05) is 0 Å². The Balaban J connectivity index is 2.04. The minimum atomic E-state index is -0.244. The molecular formula is C18H29NO. The number of rotatable bonds is 6. The van der Waals surface area contributed by atoms with Gasteiger partial charge in [0.1, 0.15) is 0 Å². The van der Waals surface area contributed by atoms with E-state index in [1.54, 1.807) is 0 Å². The molecule has 1 aliphatic carbocycles. The minimum absolute atomic E-state index is 0.244. The molecule has 2 nitrogen and oxygen atoms in total. The van der Waals surface area contributed by atoms with Crippen molar-refractivity contribution in [3.05, 3.63) is 35.4 Å². The molecule has 0 heterocycles. The highest BCUT2D eigenvalue weighted by Crippen LogP contribution is 2.47. The average Bonchev–Trinajstić information content (AvgIpc) is 2.98. The molecular weight excluding hydrogens is 246 g/mol. The van der Waals surface area contributed by atoms with E-state index < -0.39 is 0 Å². The molecule has 2 heteroatoms. The predicted octanol–water partition coefficient (Wildman–Crippen LogP) is 3.35. The molecule has 0 aromatic heterocycles. The summed E-state index contributed by atoms with van der Waals surface area (Å²) in [5.74, 6) is 1.66. The zero-order valence-electron chi connectivity index (χ0n) is 13.4. The van der Waals surface area contributed by atoms with E-state index in [4.69, 9.17) is 0 Å². The van der Waals surface area contributed by atoms with Gasteiger partial charge in [-0.3, -0.25) is 0 Å². The molecule has 0 saturated heterocycles. The first-order chi connectivity index (χ1) is 9.40. The van der Waals surface area contributed by atoms with E-state index in [2.05, 4.69) is 64.2 Å². The SMILES string of the molecule is CC(C)N[C@H]1C(c2cccc(C[C@@H](O)C(C)C)c2)[C@@H]1C. The lowest BCUT2D eigenvalue weighted by atomic mass is 9.97. The third-order valence-corrected chi connectivity index (χ3v) is 4.46. The van der Waals surface area contributed by atoms with Crippen LogP contribution >= 0.6 is 0 Å². The Morgan fingerprint density at radius 1 is 1.20 bits per heavy atom. The van der Waals surface area contributed by atoms with Gasteiger partial charge in [0.2, 0.25) is 0 Å². The maximum absolute atomic E-state index is 10.0. The fourth-order valence-electron chi connectivity index (χ4n) is 3.02. The van der Waals surface area contributed by atoms with Crippen molar-refractivity contribution in [3.63, 3.8) is 0 Å². The van der Waals surface area contributed by atoms with Gasteiger partial charge in [-0.1, -0.05) is 58.9 Å². The number of hydrogen-bond acceptors (Lipinski definition) is 2. The molecule has 0 radical (unpaired) electrons. The van der Waals surface area contributed by atoms with Crippen LogP contribution in [0.2, 0.25) is 0 Å². The van der Waals surface area contributed by atoms with E-state index in [0.29, 0.717) is 29.8 Å². The molecule has 1 aromatic carbocycles. The minimum Gasteiger partial charge on any atom is -0.393 e. The van der Waals surface area contributed by atoms with Crippen molar-refractivity contribution in [2.45, 2.75) is 65.1 Å². The van der Waals surface area contributed by atoms with Gasteiger partial charge in [-0.2, -0.15) is 0 Å². The van der Waals surface area contributed by atoms with Crippen molar-refractivity contribution >= 4 is 0 Å². The zero-order chi connectivity index (χ0) is 14.9. The Morgan fingerprint density at radius 2 is 1.90 bits per heavy atom. The van der Waals surface area contributed by atoms with Crippen LogP contribution in [0.15, 0.2) is 24.3 Å². The highest BCUT2D eigenvalue weighted by molar-refractivity contribution is 5.34. The lowest BCUT2D eigenvalue weighted by Crippen LogP contribution is -2.26. The molecule has 112 valence electrons. The van der Waals surface area contributed by atoms with Crippen LogP contribution < -0.4 is 5.32 Å². The first-order valence-electron chi connectivity index (χ1n) is 7.93. The van der Waals surface area contributed by atoms with Crippen LogP contribution in [0.3, 0.4) is 0 Å². The molecule has 2 rings (SSSR count). The van der Waals surface area contributed by atoms with Crippen LogP contribution in [0, 0.1) is 11.8 Å². The molecule has 4 atom stereocenters. The summed E-state index contributed by atoms with van der Waals surface area (Å²) in [6, 6.07) is 9.93. The van der Waals surface area contributed by atoms with Gasteiger partial charge in [0.25, 0.3) is 0 Å². The van der Waals surface area contributed by atoms with Crippen molar-refractivity contribution in [1.82, 2.24) is 5.32 Å². The summed E-state index contributed by atoms with van der Waals surface area (Å²) in [6.45, 7) is 10.9. The van der Waals surface area contributed by atoms with Gasteiger partial charge in [0.15, 0.2) is 0 Å². The molecule has 1 aliphatic rings. The Hall–Kier alpha value is -0.860. The summed E-state index contributed by atoms with van der Waals surface area (Å²) >= 11 is 0. The molecule has 0 spiro atoms. The molecule has 1 unspecified atom stereocenters. The average molecular weight is 275 g/mol. The lowest BCUT2D eigenvalue weighted by Gasteiger charge is -2.15. The van der Waals surface area contributed by atoms with Gasteiger partial charge in [-0.25, -0.2) is 0 Å². The summed E-state index contributed by atoms with van der Waals surface area (Å²) in [6.07, 6.45) is 0.515. The monoisotopic (exact) mass is 275 g/mol. The van der Waals surface area contributed by atoms with Crippen molar-refractivity contribution in [2.75, 3.05) is 0 Å². The van der Waals surface area contributed by atoms with E-state index in [1.165, 1.54) is 11.1 Å². The lowest BCUT2D eigenvalue weighted by molar-refractivity contribution is 0.125. The molecule has 0 aliphatic heterocycles. The van der Waals surface area contributed by atoms with Crippen molar-refractivity contribution in [1.29, 1.82) is 0 Å². The normalized spacial score (nSPS) is 27.1. The fraction of sp³-hybridized carbons (Fsp3) is 0.667. The molecule has 0 amide bonds. The van der Waals surface area contributed by atoms with E-state index in [9.17, 15) is 5.11 Å². The highest BCUT2D eigenvalue weighted by Gasteiger charge is 2.47. The van der Waals surface area contributed by atoms with Crippen LogP contribution in [0.5, 0.6) is 0 Å². The van der Waals surface area contributed by atoms with Gasteiger partial charge < -0.3 is 10.4 Å². The Labute approximate surface area is 123 Å². The first kappa shape index (κ1) is 15.5. The summed E-state index contributed by atoms with van der Waals surface area (Å²) in [4.78, 5) is 0. The molecule has 1 saturated carbocycles. The largest absolute Gasteiger partial charge is 0.393 e. The summed E-state index contributed by atoms with van der Waals surface area (Å²) in [5.41, 5.74) is 2.68. The maximum atomic E-state index is 10.0. The van der Waals surface area contributed by atoms with Crippen LogP contribution in [0.4, 0.5) is 0 Å². The molecule has 1 fully saturated rings. The third kappa shape index (κ3) is 3.62. The van der Waals surface area contributed by atoms with E-state index >= 15 is 0 Å². The van der Waals surface area contributed by atoms with Gasteiger partial charge in [-0.15, -0.1) is 0 Å². The number of aliphatic hydroxyl groups excluding tert-OH is 1. The van der Waals surface area contributed by atoms with Crippen LogP contribution in [-0.2, 0) is 6.42 Å². The van der Waals surface area contributed by atoms with Gasteiger partial charge in [0.05, 0.1) is 6.10 Å². The Bertz CT molecular complexity index is 441. The van der Waals surface area contributed by atoms with E-state index in [-0.39, 0.29) is 6.10 Å². The van der Waals surface area contributed by atoms with Crippen LogP contribution in [0.1, 0.15) is 51.7 Å². The summed E-state index contributed by atoms with van der Waals surface area (Å²) < 4.78 is 0. The highest BCUT2D eigenvalue weighted by atomic mass is 16.3. The Kier molecular flexibility index (Phi) is 4.87. The molecule has 20 heavy (non-hydrogen) atoms. The summed E-state index contributed by atoms with van der Waals surface area (Å²) in [7, 11) is 0. The molecule has 0 bridgehead atoms. The second-order valence-corrected chi connectivity index (χ2v) is 6.99. The summed E-state index contributed by atoms with van der Waals surface area (Å²) in [5, 5.41) is 13.7. The smallest absolute Gasteiger partial charge is 0.0603 e. The maximum Gasteiger partial charge on any atom is 0.0603 e. The van der Waals surface area contributed by atoms with Gasteiger partial charge in [-0.05, 0) is 29.4 Å². The molecule has 2 N–H and O–H groups in total. The van der Waals surface area contributed by atoms with Crippen LogP contribution in [-0.4, -0.2) is 23.3 Å². The number of hydrogen-bond donors (Lipinski definition) is 2. The zero-order valence-corrected chi connectivity index (χ0v) is 13.4. The van der Waals surface area contributed by atoms with Crippen molar-refractivity contribution in [3.8, 4) is 0 Å². The third-order valence-electron chi connectivity index (χ3n) is 4.46.